The summed E-state index contributed by atoms with van der Waals surface area (Å²) in [6, 6.07) is 2.52. The van der Waals surface area contributed by atoms with E-state index in [2.05, 4.69) is 4.98 Å². The van der Waals surface area contributed by atoms with E-state index in [1.54, 1.807) is 30.6 Å². The number of pyridine rings is 1. The van der Waals surface area contributed by atoms with E-state index in [9.17, 15) is 14.7 Å². The van der Waals surface area contributed by atoms with Crippen LogP contribution >= 0.6 is 24.0 Å². The molecule has 22 heavy (non-hydrogen) atoms. The van der Waals surface area contributed by atoms with E-state index in [-0.39, 0.29) is 10.2 Å². The lowest BCUT2D eigenvalue weighted by molar-refractivity contribution is -0.310. The van der Waals surface area contributed by atoms with Gasteiger partial charge in [0.25, 0.3) is 5.91 Å². The number of aromatic nitrogens is 1. The first-order valence-electron chi connectivity index (χ1n) is 6.92. The highest BCUT2D eigenvalue weighted by molar-refractivity contribution is 8.26. The summed E-state index contributed by atoms with van der Waals surface area (Å²) in [6.07, 6.45) is 6.81. The third-order valence-corrected chi connectivity index (χ3v) is 4.57. The van der Waals surface area contributed by atoms with Crippen molar-refractivity contribution in [2.24, 2.45) is 0 Å². The van der Waals surface area contributed by atoms with Crippen molar-refractivity contribution < 1.29 is 14.7 Å². The van der Waals surface area contributed by atoms with Gasteiger partial charge in [0.05, 0.1) is 16.9 Å². The summed E-state index contributed by atoms with van der Waals surface area (Å²) in [5, 5.41) is 11.3. The van der Waals surface area contributed by atoms with Gasteiger partial charge < -0.3 is 9.90 Å². The second kappa shape index (κ2) is 7.51. The number of carboxylic acid groups (broad SMARTS) is 1. The zero-order chi connectivity index (χ0) is 16.1. The van der Waals surface area contributed by atoms with Gasteiger partial charge in [-0.25, -0.2) is 0 Å². The molecule has 0 bridgehead atoms. The van der Waals surface area contributed by atoms with E-state index in [0.717, 1.165) is 28.6 Å². The van der Waals surface area contributed by atoms with E-state index in [0.29, 0.717) is 17.7 Å². The summed E-state index contributed by atoms with van der Waals surface area (Å²) >= 11 is 6.29. The van der Waals surface area contributed by atoms with Crippen LogP contribution in [0.2, 0.25) is 0 Å². The van der Waals surface area contributed by atoms with Crippen LogP contribution in [-0.2, 0) is 9.59 Å². The lowest BCUT2D eigenvalue weighted by Crippen LogP contribution is -2.49. The summed E-state index contributed by atoms with van der Waals surface area (Å²) in [5.74, 6) is -1.65. The van der Waals surface area contributed by atoms with E-state index in [4.69, 9.17) is 12.2 Å². The summed E-state index contributed by atoms with van der Waals surface area (Å²) < 4.78 is 0.260. The smallest absolute Gasteiger partial charge is 0.266 e. The van der Waals surface area contributed by atoms with Crippen LogP contribution in [0.3, 0.4) is 0 Å². The number of amides is 1. The van der Waals surface area contributed by atoms with Gasteiger partial charge in [0.1, 0.15) is 4.32 Å². The van der Waals surface area contributed by atoms with Crippen molar-refractivity contribution in [1.29, 1.82) is 0 Å². The molecule has 1 amide bonds. The van der Waals surface area contributed by atoms with Crippen LogP contribution in [0.15, 0.2) is 29.4 Å². The van der Waals surface area contributed by atoms with Crippen molar-refractivity contribution in [3.63, 3.8) is 0 Å². The minimum atomic E-state index is -1.27. The van der Waals surface area contributed by atoms with Gasteiger partial charge in [0, 0.05) is 12.4 Å². The van der Waals surface area contributed by atoms with Crippen LogP contribution in [0, 0.1) is 0 Å². The number of hydrogen-bond acceptors (Lipinski definition) is 6. The highest BCUT2D eigenvalue weighted by Gasteiger charge is 2.37. The number of thiocarbonyl (C=S) groups is 1. The fourth-order valence-electron chi connectivity index (χ4n) is 2.11. The number of unbranched alkanes of at least 4 members (excludes halogenated alkanes) is 1. The van der Waals surface area contributed by atoms with Crippen molar-refractivity contribution in [2.45, 2.75) is 32.2 Å². The van der Waals surface area contributed by atoms with Crippen LogP contribution < -0.4 is 5.11 Å². The molecule has 116 valence electrons. The SMILES string of the molecule is CCCC[C@@H](C(=O)[O-])N1C(=O)/C(=C/c2ccncc2)SC1=S. The van der Waals surface area contributed by atoms with Crippen LogP contribution in [0.25, 0.3) is 6.08 Å². The third-order valence-electron chi connectivity index (χ3n) is 3.24. The van der Waals surface area contributed by atoms with Crippen molar-refractivity contribution in [3.8, 4) is 0 Å². The number of rotatable bonds is 6. The lowest BCUT2D eigenvalue weighted by Gasteiger charge is -2.27. The van der Waals surface area contributed by atoms with Crippen LogP contribution in [0.5, 0.6) is 0 Å². The molecule has 0 spiro atoms. The highest BCUT2D eigenvalue weighted by Crippen LogP contribution is 2.34. The molecule has 0 saturated carbocycles. The Kier molecular flexibility index (Phi) is 5.68. The summed E-state index contributed by atoms with van der Waals surface area (Å²) in [4.78, 5) is 29.3. The predicted octanol–water partition coefficient (Wildman–Crippen LogP) is 1.59. The maximum Gasteiger partial charge on any atom is 0.266 e. The number of hydrogen-bond donors (Lipinski definition) is 0. The Labute approximate surface area is 138 Å². The Morgan fingerprint density at radius 3 is 2.77 bits per heavy atom. The number of carboxylic acids is 1. The molecule has 0 N–H and O–H groups in total. The van der Waals surface area contributed by atoms with Gasteiger partial charge in [-0.3, -0.25) is 14.7 Å². The molecule has 5 nitrogen and oxygen atoms in total. The highest BCUT2D eigenvalue weighted by atomic mass is 32.2. The molecule has 1 fully saturated rings. The molecular weight excluding hydrogens is 320 g/mol. The van der Waals surface area contributed by atoms with Gasteiger partial charge in [-0.05, 0) is 30.2 Å². The van der Waals surface area contributed by atoms with Crippen molar-refractivity contribution >= 4 is 46.3 Å². The van der Waals surface area contributed by atoms with Crippen molar-refractivity contribution in [1.82, 2.24) is 9.88 Å². The molecular formula is C15H15N2O3S2-. The molecule has 0 unspecified atom stereocenters. The van der Waals surface area contributed by atoms with Gasteiger partial charge in [-0.2, -0.15) is 0 Å². The van der Waals surface area contributed by atoms with E-state index < -0.39 is 12.0 Å². The molecule has 1 saturated heterocycles. The van der Waals surface area contributed by atoms with Gasteiger partial charge in [0.2, 0.25) is 0 Å². The minimum absolute atomic E-state index is 0.260. The average Bonchev–Trinajstić information content (AvgIpc) is 2.76. The predicted molar refractivity (Wildman–Crippen MR) is 87.6 cm³/mol. The summed E-state index contributed by atoms with van der Waals surface area (Å²) in [5.41, 5.74) is 0.814. The number of carbonyl (C=O) groups excluding carboxylic acids is 2. The fraction of sp³-hybridized carbons (Fsp3) is 0.333. The van der Waals surface area contributed by atoms with E-state index in [1.165, 1.54) is 0 Å². The van der Waals surface area contributed by atoms with Gasteiger partial charge >= 0.3 is 0 Å². The van der Waals surface area contributed by atoms with Crippen molar-refractivity contribution in [2.75, 3.05) is 0 Å². The Bertz CT molecular complexity index is 616. The molecule has 0 aromatic carbocycles. The maximum atomic E-state index is 12.5. The lowest BCUT2D eigenvalue weighted by atomic mass is 10.1. The monoisotopic (exact) mass is 335 g/mol. The van der Waals surface area contributed by atoms with Gasteiger partial charge in [-0.15, -0.1) is 0 Å². The van der Waals surface area contributed by atoms with Crippen LogP contribution in [0.1, 0.15) is 31.7 Å². The summed E-state index contributed by atoms with van der Waals surface area (Å²) in [7, 11) is 0. The first-order valence-corrected chi connectivity index (χ1v) is 8.15. The van der Waals surface area contributed by atoms with E-state index in [1.807, 2.05) is 6.92 Å². The second-order valence-electron chi connectivity index (χ2n) is 4.81. The first-order chi connectivity index (χ1) is 10.5. The van der Waals surface area contributed by atoms with Gasteiger partial charge in [-0.1, -0.05) is 43.7 Å². The summed E-state index contributed by atoms with van der Waals surface area (Å²) in [6.45, 7) is 1.96. The zero-order valence-corrected chi connectivity index (χ0v) is 13.7. The quantitative estimate of drug-likeness (QED) is 0.581. The number of thioether (sulfide) groups is 1. The maximum absolute atomic E-state index is 12.5. The van der Waals surface area contributed by atoms with Crippen LogP contribution in [0.4, 0.5) is 0 Å². The fourth-order valence-corrected chi connectivity index (χ4v) is 3.47. The molecule has 1 aliphatic rings. The van der Waals surface area contributed by atoms with Crippen molar-refractivity contribution in [3.05, 3.63) is 35.0 Å². The minimum Gasteiger partial charge on any atom is -0.548 e. The molecule has 1 aliphatic heterocycles. The molecule has 2 heterocycles. The Balaban J connectivity index is 2.24. The average molecular weight is 335 g/mol. The Morgan fingerprint density at radius 1 is 1.50 bits per heavy atom. The molecule has 1 aromatic rings. The molecule has 2 rings (SSSR count). The molecule has 0 aliphatic carbocycles. The standard InChI is InChI=1S/C15H16N2O3S2/c1-2-3-4-11(14(19)20)17-13(18)12(22-15(17)21)9-10-5-7-16-8-6-10/h5-9,11H,2-4H2,1H3,(H,19,20)/p-1/b12-9-/t11-/m0/s1. The van der Waals surface area contributed by atoms with E-state index >= 15 is 0 Å². The van der Waals surface area contributed by atoms with Gasteiger partial charge in [0.15, 0.2) is 0 Å². The number of nitrogens with zero attached hydrogens (tertiary/aromatic N) is 2. The Morgan fingerprint density at radius 2 is 2.18 bits per heavy atom. The first kappa shape index (κ1) is 16.6. The Hall–Kier alpha value is -1.73. The number of carbonyl (C=O) groups is 2. The molecule has 0 radical (unpaired) electrons. The number of aliphatic carboxylic acids is 1. The molecule has 7 heteroatoms. The van der Waals surface area contributed by atoms with Crippen LogP contribution in [-0.4, -0.2) is 32.1 Å². The molecule has 1 aromatic heterocycles. The zero-order valence-electron chi connectivity index (χ0n) is 12.0. The normalized spacial score (nSPS) is 18.0. The largest absolute Gasteiger partial charge is 0.548 e. The third kappa shape index (κ3) is 3.72. The second-order valence-corrected chi connectivity index (χ2v) is 6.49. The molecule has 1 atom stereocenters. The topological polar surface area (TPSA) is 73.3 Å².